The lowest BCUT2D eigenvalue weighted by Gasteiger charge is -2.22. The normalized spacial score (nSPS) is 12.5. The maximum atomic E-state index is 11.8. The molecule has 0 aromatic carbocycles. The number of terminal acetylenes is 1. The zero-order chi connectivity index (χ0) is 16.6. The molecule has 0 spiro atoms. The first-order chi connectivity index (χ1) is 10.3. The van der Waals surface area contributed by atoms with Crippen molar-refractivity contribution < 1.29 is 14.6 Å². The number of ether oxygens (including phenoxy) is 1. The predicted molar refractivity (Wildman–Crippen MR) is 87.2 cm³/mol. The molecule has 1 unspecified atom stereocenters. The van der Waals surface area contributed by atoms with Crippen molar-refractivity contribution in [2.45, 2.75) is 38.8 Å². The van der Waals surface area contributed by atoms with E-state index < -0.39 is 6.10 Å². The van der Waals surface area contributed by atoms with Crippen LogP contribution in [-0.4, -0.2) is 47.3 Å². The Hall–Kier alpha value is -1.62. The highest BCUT2D eigenvalue weighted by atomic mass is 32.1. The third-order valence-electron chi connectivity index (χ3n) is 2.53. The lowest BCUT2D eigenvalue weighted by atomic mass is 10.1. The molecular weight excluding hydrogens is 302 g/mol. The molecule has 1 aromatic heterocycles. The van der Waals surface area contributed by atoms with E-state index in [1.54, 1.807) is 0 Å². The molecule has 0 aliphatic heterocycles. The van der Waals surface area contributed by atoms with Crippen LogP contribution in [0, 0.1) is 12.3 Å². The largest absolute Gasteiger partial charge is 0.467 e. The summed E-state index contributed by atoms with van der Waals surface area (Å²) in [4.78, 5) is 16.2. The first-order valence-corrected chi connectivity index (χ1v) is 7.87. The summed E-state index contributed by atoms with van der Waals surface area (Å²) in [7, 11) is 0. The molecule has 1 rings (SSSR count). The molecular formula is C15H23N3O3S. The highest BCUT2D eigenvalue weighted by Crippen LogP contribution is 2.20. The van der Waals surface area contributed by atoms with Gasteiger partial charge < -0.3 is 20.5 Å². The summed E-state index contributed by atoms with van der Waals surface area (Å²) in [6.45, 7) is 7.04. The topological polar surface area (TPSA) is 83.5 Å². The Morgan fingerprint density at radius 2 is 2.32 bits per heavy atom. The molecule has 1 atom stereocenters. The van der Waals surface area contributed by atoms with Gasteiger partial charge >= 0.3 is 0 Å². The Morgan fingerprint density at radius 3 is 2.95 bits per heavy atom. The number of thiazole rings is 1. The lowest BCUT2D eigenvalue weighted by Crippen LogP contribution is -2.42. The van der Waals surface area contributed by atoms with Crippen LogP contribution in [0.5, 0.6) is 5.19 Å². The van der Waals surface area contributed by atoms with Gasteiger partial charge in [-0.1, -0.05) is 11.3 Å². The second-order valence-corrected chi connectivity index (χ2v) is 6.79. The Balaban J connectivity index is 2.36. The van der Waals surface area contributed by atoms with E-state index in [-0.39, 0.29) is 18.1 Å². The zero-order valence-electron chi connectivity index (χ0n) is 13.2. The van der Waals surface area contributed by atoms with Gasteiger partial charge in [0.05, 0.1) is 6.20 Å². The zero-order valence-corrected chi connectivity index (χ0v) is 14.0. The van der Waals surface area contributed by atoms with Gasteiger partial charge in [-0.25, -0.2) is 4.98 Å². The van der Waals surface area contributed by atoms with Crippen molar-refractivity contribution in [2.75, 3.05) is 19.7 Å². The lowest BCUT2D eigenvalue weighted by molar-refractivity contribution is 0.0958. The Labute approximate surface area is 135 Å². The van der Waals surface area contributed by atoms with Gasteiger partial charge in [0, 0.05) is 25.0 Å². The van der Waals surface area contributed by atoms with Crippen LogP contribution >= 0.6 is 11.3 Å². The summed E-state index contributed by atoms with van der Waals surface area (Å²) in [6.07, 6.45) is 6.41. The number of aromatic nitrogens is 1. The molecule has 0 aliphatic rings. The monoisotopic (exact) mass is 325 g/mol. The molecule has 1 amide bonds. The van der Waals surface area contributed by atoms with Gasteiger partial charge in [0.15, 0.2) is 0 Å². The van der Waals surface area contributed by atoms with Crippen LogP contribution in [0.1, 0.15) is 36.9 Å². The fourth-order valence-electron chi connectivity index (χ4n) is 1.42. The number of amides is 1. The van der Waals surface area contributed by atoms with Crippen LogP contribution in [0.4, 0.5) is 0 Å². The molecule has 0 bridgehead atoms. The highest BCUT2D eigenvalue weighted by Gasteiger charge is 2.14. The molecule has 0 saturated heterocycles. The molecule has 0 aliphatic carbocycles. The number of carbonyl (C=O) groups excluding carboxylic acids is 1. The molecule has 0 fully saturated rings. The van der Waals surface area contributed by atoms with E-state index >= 15 is 0 Å². The summed E-state index contributed by atoms with van der Waals surface area (Å²) in [5.41, 5.74) is -0.0637. The first-order valence-electron chi connectivity index (χ1n) is 7.05. The molecule has 3 N–H and O–H groups in total. The maximum absolute atomic E-state index is 11.8. The van der Waals surface area contributed by atoms with Crippen LogP contribution in [0.3, 0.4) is 0 Å². The fourth-order valence-corrected chi connectivity index (χ4v) is 2.11. The van der Waals surface area contributed by atoms with Crippen molar-refractivity contribution in [2.24, 2.45) is 0 Å². The minimum atomic E-state index is -0.643. The summed E-state index contributed by atoms with van der Waals surface area (Å²) in [6, 6.07) is 0. The number of nitrogens with one attached hydrogen (secondary N) is 2. The number of carbonyl (C=O) groups is 1. The Morgan fingerprint density at radius 1 is 1.59 bits per heavy atom. The molecule has 6 nitrogen and oxygen atoms in total. The number of aliphatic hydroxyl groups is 1. The van der Waals surface area contributed by atoms with Crippen molar-refractivity contribution >= 4 is 17.2 Å². The van der Waals surface area contributed by atoms with Gasteiger partial charge in [0.1, 0.15) is 17.6 Å². The summed E-state index contributed by atoms with van der Waals surface area (Å²) >= 11 is 1.14. The Kier molecular flexibility index (Phi) is 7.32. The van der Waals surface area contributed by atoms with Gasteiger partial charge in [-0.3, -0.25) is 4.79 Å². The summed E-state index contributed by atoms with van der Waals surface area (Å²) in [5.74, 6) is 2.23. The third kappa shape index (κ3) is 7.41. The molecule has 0 saturated carbocycles. The van der Waals surface area contributed by atoms with E-state index in [9.17, 15) is 9.90 Å². The predicted octanol–water partition coefficient (Wildman–Crippen LogP) is 1.02. The molecule has 122 valence electrons. The van der Waals surface area contributed by atoms with E-state index in [0.717, 1.165) is 11.3 Å². The van der Waals surface area contributed by atoms with E-state index in [1.165, 1.54) is 6.20 Å². The van der Waals surface area contributed by atoms with E-state index in [1.807, 2.05) is 20.8 Å². The minimum Gasteiger partial charge on any atom is -0.467 e. The number of hydrogen-bond donors (Lipinski definition) is 3. The highest BCUT2D eigenvalue weighted by molar-refractivity contribution is 7.15. The van der Waals surface area contributed by atoms with Crippen LogP contribution in [0.2, 0.25) is 0 Å². The van der Waals surface area contributed by atoms with Gasteiger partial charge in [-0.15, -0.1) is 12.3 Å². The fraction of sp³-hybridized carbons (Fsp3) is 0.600. The third-order valence-corrected chi connectivity index (χ3v) is 3.44. The molecule has 1 heterocycles. The van der Waals surface area contributed by atoms with Crippen molar-refractivity contribution in [1.82, 2.24) is 15.6 Å². The average molecular weight is 325 g/mol. The number of aliphatic hydroxyl groups excluding tert-OH is 1. The molecule has 1 aromatic rings. The SMILES string of the molecule is C#CCCNC(=O)c1cnc(OCC(O)CNC(C)(C)C)s1. The first kappa shape index (κ1) is 18.4. The van der Waals surface area contributed by atoms with Gasteiger partial charge in [-0.05, 0) is 20.8 Å². The second-order valence-electron chi connectivity index (χ2n) is 5.80. The van der Waals surface area contributed by atoms with Crippen LogP contribution in [0.15, 0.2) is 6.20 Å². The van der Waals surface area contributed by atoms with Gasteiger partial charge in [0.25, 0.3) is 11.1 Å². The second kappa shape index (κ2) is 8.73. The standard InChI is InChI=1S/C15H23N3O3S/c1-5-6-7-16-13(20)12-9-17-14(22-12)21-10-11(19)8-18-15(2,3)4/h1,9,11,18-19H,6-8,10H2,2-4H3,(H,16,20). The van der Waals surface area contributed by atoms with Crippen molar-refractivity contribution in [3.8, 4) is 17.5 Å². The number of nitrogens with zero attached hydrogens (tertiary/aromatic N) is 1. The van der Waals surface area contributed by atoms with Gasteiger partial charge in [-0.2, -0.15) is 0 Å². The average Bonchev–Trinajstić information content (AvgIpc) is 2.91. The number of rotatable bonds is 8. The van der Waals surface area contributed by atoms with Crippen molar-refractivity contribution in [3.63, 3.8) is 0 Å². The number of hydrogen-bond acceptors (Lipinski definition) is 6. The van der Waals surface area contributed by atoms with Crippen molar-refractivity contribution in [1.29, 1.82) is 0 Å². The van der Waals surface area contributed by atoms with E-state index in [2.05, 4.69) is 21.5 Å². The molecule has 7 heteroatoms. The maximum Gasteiger partial charge on any atom is 0.273 e. The van der Waals surface area contributed by atoms with E-state index in [4.69, 9.17) is 11.2 Å². The van der Waals surface area contributed by atoms with Crippen LogP contribution < -0.4 is 15.4 Å². The number of β-amino-alcohol motifs (C(OH)–C–C–N with tert-alkyl or cyclic N) is 1. The van der Waals surface area contributed by atoms with Crippen LogP contribution in [-0.2, 0) is 0 Å². The molecule has 0 radical (unpaired) electrons. The van der Waals surface area contributed by atoms with E-state index in [0.29, 0.717) is 29.6 Å². The summed E-state index contributed by atoms with van der Waals surface area (Å²) < 4.78 is 5.39. The van der Waals surface area contributed by atoms with Crippen molar-refractivity contribution in [3.05, 3.63) is 11.1 Å². The Bertz CT molecular complexity index is 517. The minimum absolute atomic E-state index is 0.0637. The summed E-state index contributed by atoms with van der Waals surface area (Å²) in [5, 5.41) is 16.1. The quantitative estimate of drug-likeness (QED) is 0.491. The van der Waals surface area contributed by atoms with Crippen LogP contribution in [0.25, 0.3) is 0 Å². The smallest absolute Gasteiger partial charge is 0.273 e. The molecule has 22 heavy (non-hydrogen) atoms. The van der Waals surface area contributed by atoms with Gasteiger partial charge in [0.2, 0.25) is 0 Å².